The van der Waals surface area contributed by atoms with Crippen molar-refractivity contribution < 1.29 is 4.79 Å². The summed E-state index contributed by atoms with van der Waals surface area (Å²) in [5.74, 6) is -0.128. The number of nitrogens with zero attached hydrogens (tertiary/aromatic N) is 1. The van der Waals surface area contributed by atoms with Crippen molar-refractivity contribution in [3.8, 4) is 0 Å². The van der Waals surface area contributed by atoms with Gasteiger partial charge in [0.05, 0.1) is 6.04 Å². The van der Waals surface area contributed by atoms with Crippen LogP contribution < -0.4 is 10.6 Å². The highest BCUT2D eigenvalue weighted by molar-refractivity contribution is 5.95. The number of amides is 1. The van der Waals surface area contributed by atoms with Crippen LogP contribution in [0.1, 0.15) is 40.3 Å². The number of carbonyl (C=O) groups excluding carboxylic acids is 1. The second-order valence-electron chi connectivity index (χ2n) is 6.22. The summed E-state index contributed by atoms with van der Waals surface area (Å²) in [6, 6.07) is 14.3. The number of aromatic nitrogens is 2. The maximum Gasteiger partial charge on any atom is 0.272 e. The fraction of sp³-hybridized carbons (Fsp3) is 0.263. The minimum atomic E-state index is -0.128. The van der Waals surface area contributed by atoms with Crippen LogP contribution in [0.2, 0.25) is 0 Å². The first-order chi connectivity index (χ1) is 11.7. The molecule has 1 aliphatic rings. The molecule has 25 heavy (non-hydrogen) atoms. The molecule has 2 aromatic carbocycles. The molecular formula is C19H21ClN4O. The lowest BCUT2D eigenvalue weighted by atomic mass is 9.99. The number of benzene rings is 2. The Labute approximate surface area is 152 Å². The number of aromatic amines is 1. The molecule has 0 bridgehead atoms. The van der Waals surface area contributed by atoms with Gasteiger partial charge in [-0.3, -0.25) is 9.89 Å². The Balaban J connectivity index is 0.00000182. The quantitative estimate of drug-likeness (QED) is 0.675. The van der Waals surface area contributed by atoms with Gasteiger partial charge in [-0.25, -0.2) is 0 Å². The van der Waals surface area contributed by atoms with Gasteiger partial charge >= 0.3 is 0 Å². The van der Waals surface area contributed by atoms with Gasteiger partial charge in [0.15, 0.2) is 5.69 Å². The lowest BCUT2D eigenvalue weighted by Crippen LogP contribution is -2.30. The molecule has 0 fully saturated rings. The molecule has 0 radical (unpaired) electrons. The summed E-state index contributed by atoms with van der Waals surface area (Å²) >= 11 is 0. The highest BCUT2D eigenvalue weighted by Gasteiger charge is 2.23. The molecule has 3 aromatic rings. The number of fused-ring (bicyclic) bond motifs is 2. The van der Waals surface area contributed by atoms with Gasteiger partial charge in [0.1, 0.15) is 0 Å². The van der Waals surface area contributed by atoms with Crippen molar-refractivity contribution in [2.45, 2.75) is 25.9 Å². The summed E-state index contributed by atoms with van der Waals surface area (Å²) in [4.78, 5) is 12.7. The van der Waals surface area contributed by atoms with E-state index in [1.165, 1.54) is 10.8 Å². The van der Waals surface area contributed by atoms with Crippen LogP contribution in [0.4, 0.5) is 0 Å². The fourth-order valence-corrected chi connectivity index (χ4v) is 3.38. The van der Waals surface area contributed by atoms with Crippen molar-refractivity contribution >= 4 is 29.1 Å². The van der Waals surface area contributed by atoms with E-state index in [2.05, 4.69) is 45.1 Å². The molecule has 0 saturated carbocycles. The Hall–Kier alpha value is -2.37. The summed E-state index contributed by atoms with van der Waals surface area (Å²) in [7, 11) is 0. The smallest absolute Gasteiger partial charge is 0.272 e. The Morgan fingerprint density at radius 1 is 1.20 bits per heavy atom. The van der Waals surface area contributed by atoms with Gasteiger partial charge in [-0.15, -0.1) is 12.4 Å². The van der Waals surface area contributed by atoms with E-state index in [9.17, 15) is 4.79 Å². The van der Waals surface area contributed by atoms with E-state index in [0.717, 1.165) is 29.8 Å². The van der Waals surface area contributed by atoms with Gasteiger partial charge < -0.3 is 10.6 Å². The molecule has 0 spiro atoms. The molecule has 1 amide bonds. The molecular weight excluding hydrogens is 336 g/mol. The lowest BCUT2D eigenvalue weighted by Gasteiger charge is -2.17. The monoisotopic (exact) mass is 356 g/mol. The van der Waals surface area contributed by atoms with Gasteiger partial charge in [-0.1, -0.05) is 42.5 Å². The van der Waals surface area contributed by atoms with Crippen LogP contribution in [0.5, 0.6) is 0 Å². The third-order valence-electron chi connectivity index (χ3n) is 4.66. The van der Waals surface area contributed by atoms with Crippen LogP contribution in [-0.2, 0) is 13.0 Å². The Bertz CT molecular complexity index is 900. The minimum Gasteiger partial charge on any atom is -0.344 e. The summed E-state index contributed by atoms with van der Waals surface area (Å²) in [6.45, 7) is 3.62. The number of rotatable bonds is 3. The zero-order valence-corrected chi connectivity index (χ0v) is 14.8. The maximum absolute atomic E-state index is 12.7. The first-order valence-electron chi connectivity index (χ1n) is 8.29. The SMILES string of the molecule is CC(NC(=O)c1n[nH]c2c1CNCC2)c1cccc2ccccc12.Cl. The molecule has 1 aromatic heterocycles. The van der Waals surface area contributed by atoms with E-state index in [1.807, 2.05) is 25.1 Å². The molecule has 3 N–H and O–H groups in total. The molecule has 0 aliphatic carbocycles. The van der Waals surface area contributed by atoms with Crippen molar-refractivity contribution in [2.75, 3.05) is 6.54 Å². The van der Waals surface area contributed by atoms with E-state index in [0.29, 0.717) is 12.2 Å². The van der Waals surface area contributed by atoms with Crippen molar-refractivity contribution in [3.05, 3.63) is 65.0 Å². The zero-order chi connectivity index (χ0) is 16.5. The lowest BCUT2D eigenvalue weighted by molar-refractivity contribution is 0.0934. The third kappa shape index (κ3) is 3.25. The average molecular weight is 357 g/mol. The number of carbonyl (C=O) groups is 1. The van der Waals surface area contributed by atoms with E-state index >= 15 is 0 Å². The van der Waals surface area contributed by atoms with Gasteiger partial charge in [0.25, 0.3) is 5.91 Å². The molecule has 2 heterocycles. The van der Waals surface area contributed by atoms with Gasteiger partial charge in [-0.2, -0.15) is 5.10 Å². The predicted molar refractivity (Wildman–Crippen MR) is 101 cm³/mol. The number of nitrogens with one attached hydrogen (secondary N) is 3. The van der Waals surface area contributed by atoms with Crippen molar-refractivity contribution in [1.29, 1.82) is 0 Å². The van der Waals surface area contributed by atoms with Crippen molar-refractivity contribution in [3.63, 3.8) is 0 Å². The molecule has 1 unspecified atom stereocenters. The van der Waals surface area contributed by atoms with Crippen molar-refractivity contribution in [2.24, 2.45) is 0 Å². The maximum atomic E-state index is 12.7. The van der Waals surface area contributed by atoms with Crippen LogP contribution in [0.25, 0.3) is 10.8 Å². The number of H-pyrrole nitrogens is 1. The van der Waals surface area contributed by atoms with Crippen molar-refractivity contribution in [1.82, 2.24) is 20.8 Å². The second kappa shape index (κ2) is 7.25. The molecule has 1 aliphatic heterocycles. The van der Waals surface area contributed by atoms with Gasteiger partial charge in [0, 0.05) is 30.8 Å². The Kier molecular flexibility index (Phi) is 5.06. The zero-order valence-electron chi connectivity index (χ0n) is 14.0. The van der Waals surface area contributed by atoms with E-state index in [1.54, 1.807) is 0 Å². The average Bonchev–Trinajstić information content (AvgIpc) is 3.05. The highest BCUT2D eigenvalue weighted by Crippen LogP contribution is 2.24. The van der Waals surface area contributed by atoms with Crippen LogP contribution in [0.15, 0.2) is 42.5 Å². The van der Waals surface area contributed by atoms with Crippen LogP contribution >= 0.6 is 12.4 Å². The summed E-state index contributed by atoms with van der Waals surface area (Å²) < 4.78 is 0. The largest absolute Gasteiger partial charge is 0.344 e. The number of halogens is 1. The second-order valence-corrected chi connectivity index (χ2v) is 6.22. The highest BCUT2D eigenvalue weighted by atomic mass is 35.5. The predicted octanol–water partition coefficient (Wildman–Crippen LogP) is 3.12. The summed E-state index contributed by atoms with van der Waals surface area (Å²) in [5.41, 5.74) is 3.67. The molecule has 0 saturated heterocycles. The molecule has 4 rings (SSSR count). The number of hydrogen-bond donors (Lipinski definition) is 3. The van der Waals surface area contributed by atoms with E-state index < -0.39 is 0 Å². The Morgan fingerprint density at radius 3 is 2.88 bits per heavy atom. The molecule has 1 atom stereocenters. The van der Waals surface area contributed by atoms with Crippen LogP contribution in [0.3, 0.4) is 0 Å². The van der Waals surface area contributed by atoms with Gasteiger partial charge in [-0.05, 0) is 23.3 Å². The molecule has 6 heteroatoms. The summed E-state index contributed by atoms with van der Waals surface area (Å²) in [6.07, 6.45) is 0.883. The van der Waals surface area contributed by atoms with Gasteiger partial charge in [0.2, 0.25) is 0 Å². The topological polar surface area (TPSA) is 69.8 Å². The van der Waals surface area contributed by atoms with E-state index in [4.69, 9.17) is 0 Å². The first kappa shape index (κ1) is 17.5. The first-order valence-corrected chi connectivity index (χ1v) is 8.29. The van der Waals surface area contributed by atoms with Crippen LogP contribution in [0, 0.1) is 0 Å². The normalized spacial score (nSPS) is 14.4. The Morgan fingerprint density at radius 2 is 2.00 bits per heavy atom. The van der Waals surface area contributed by atoms with Crippen LogP contribution in [-0.4, -0.2) is 22.6 Å². The fourth-order valence-electron chi connectivity index (χ4n) is 3.38. The summed E-state index contributed by atoms with van der Waals surface area (Å²) in [5, 5.41) is 16.0. The third-order valence-corrected chi connectivity index (χ3v) is 4.66. The number of hydrogen-bond acceptors (Lipinski definition) is 3. The molecule has 130 valence electrons. The standard InChI is InChI=1S/C19H20N4O.ClH/c1-12(14-8-4-6-13-5-2-3-7-15(13)14)21-19(24)18-16-11-20-10-9-17(16)22-23-18;/h2-8,12,20H,9-11H2,1H3,(H,21,24)(H,22,23);1H. The minimum absolute atomic E-state index is 0. The van der Waals surface area contributed by atoms with E-state index in [-0.39, 0.29) is 24.4 Å². The molecule has 5 nitrogen and oxygen atoms in total.